The second-order valence-electron chi connectivity index (χ2n) is 7.27. The first-order chi connectivity index (χ1) is 12.8. The lowest BCUT2D eigenvalue weighted by atomic mass is 9.96. The third kappa shape index (κ3) is 4.35. The number of rotatable bonds is 3. The summed E-state index contributed by atoms with van der Waals surface area (Å²) in [4.78, 5) is 29.4. The molecule has 0 aliphatic carbocycles. The average Bonchev–Trinajstić information content (AvgIpc) is 2.76. The molecule has 0 aromatic heterocycles. The van der Waals surface area contributed by atoms with Crippen molar-refractivity contribution in [3.8, 4) is 0 Å². The molecule has 0 fully saturated rings. The molecule has 3 rings (SSSR count). The number of fused-ring (bicyclic) bond motifs is 1. The van der Waals surface area contributed by atoms with Crippen molar-refractivity contribution in [2.24, 2.45) is 10.4 Å². The van der Waals surface area contributed by atoms with Gasteiger partial charge in [-0.15, -0.1) is 0 Å². The Labute approximate surface area is 163 Å². The first-order valence-electron chi connectivity index (χ1n) is 8.56. The first kappa shape index (κ1) is 19.1. The number of carbonyl (C=O) groups is 2. The van der Waals surface area contributed by atoms with Gasteiger partial charge in [0.25, 0.3) is 5.91 Å². The van der Waals surface area contributed by atoms with Crippen LogP contribution >= 0.6 is 11.6 Å². The number of anilines is 1. The van der Waals surface area contributed by atoms with Gasteiger partial charge in [0.15, 0.2) is 6.17 Å². The number of benzene rings is 2. The van der Waals surface area contributed by atoms with E-state index in [1.807, 2.05) is 30.3 Å². The number of hydrogen-bond donors (Lipinski definition) is 3. The van der Waals surface area contributed by atoms with Crippen molar-refractivity contribution in [3.63, 3.8) is 0 Å². The minimum Gasteiger partial charge on any atom is -0.322 e. The molecule has 7 heteroatoms. The molecule has 2 aromatic rings. The van der Waals surface area contributed by atoms with E-state index in [9.17, 15) is 9.59 Å². The molecular formula is C20H21ClN4O2. The lowest BCUT2D eigenvalue weighted by Gasteiger charge is -2.20. The summed E-state index contributed by atoms with van der Waals surface area (Å²) in [6, 6.07) is 14.7. The van der Waals surface area contributed by atoms with Crippen LogP contribution in [0.2, 0.25) is 5.02 Å². The van der Waals surface area contributed by atoms with E-state index in [4.69, 9.17) is 11.6 Å². The summed E-state index contributed by atoms with van der Waals surface area (Å²) < 4.78 is 0. The number of halogens is 1. The fourth-order valence-electron chi connectivity index (χ4n) is 2.53. The maximum atomic E-state index is 12.6. The molecular weight excluding hydrogens is 364 g/mol. The lowest BCUT2D eigenvalue weighted by Crippen LogP contribution is -2.51. The van der Waals surface area contributed by atoms with Gasteiger partial charge < -0.3 is 5.32 Å². The van der Waals surface area contributed by atoms with Gasteiger partial charge in [-0.05, 0) is 18.2 Å². The SMILES string of the molecule is CC(C)(C)C(=O)NNC1N=C(c2ccccc2)c2cc(Cl)ccc2NC1=O. The van der Waals surface area contributed by atoms with Crippen molar-refractivity contribution in [2.75, 3.05) is 5.32 Å². The maximum absolute atomic E-state index is 12.6. The van der Waals surface area contributed by atoms with Crippen molar-refractivity contribution in [1.29, 1.82) is 0 Å². The van der Waals surface area contributed by atoms with Crippen LogP contribution in [-0.4, -0.2) is 23.7 Å². The number of hydrazine groups is 1. The standard InChI is InChI=1S/C20H21ClN4O2/c1-20(2,3)19(27)25-24-17-18(26)22-15-10-9-13(21)11-14(15)16(23-17)12-7-5-4-6-8-12/h4-11,17,24H,1-3H3,(H,22,26)(H,25,27). The van der Waals surface area contributed by atoms with Gasteiger partial charge in [0.2, 0.25) is 5.91 Å². The highest BCUT2D eigenvalue weighted by atomic mass is 35.5. The molecule has 1 aliphatic heterocycles. The number of benzodiazepines with no additional fused rings is 1. The van der Waals surface area contributed by atoms with Gasteiger partial charge in [-0.25, -0.2) is 5.43 Å². The fraction of sp³-hybridized carbons (Fsp3) is 0.250. The molecule has 0 radical (unpaired) electrons. The van der Waals surface area contributed by atoms with Gasteiger partial charge in [-0.2, -0.15) is 0 Å². The molecule has 1 unspecified atom stereocenters. The smallest absolute Gasteiger partial charge is 0.265 e. The van der Waals surface area contributed by atoms with Gasteiger partial charge in [0, 0.05) is 21.6 Å². The number of hydrogen-bond acceptors (Lipinski definition) is 4. The van der Waals surface area contributed by atoms with Crippen LogP contribution in [0.25, 0.3) is 0 Å². The van der Waals surface area contributed by atoms with Gasteiger partial charge in [-0.3, -0.25) is 20.0 Å². The highest BCUT2D eigenvalue weighted by Gasteiger charge is 2.28. The van der Waals surface area contributed by atoms with E-state index in [0.29, 0.717) is 22.0 Å². The van der Waals surface area contributed by atoms with Gasteiger partial charge in [0.1, 0.15) is 0 Å². The van der Waals surface area contributed by atoms with E-state index >= 15 is 0 Å². The van der Waals surface area contributed by atoms with Crippen molar-refractivity contribution in [3.05, 3.63) is 64.7 Å². The van der Waals surface area contributed by atoms with Crippen LogP contribution in [0.15, 0.2) is 53.5 Å². The van der Waals surface area contributed by atoms with E-state index in [1.54, 1.807) is 39.0 Å². The molecule has 1 aliphatic rings. The van der Waals surface area contributed by atoms with Gasteiger partial charge in [-0.1, -0.05) is 62.7 Å². The van der Waals surface area contributed by atoms with Crippen LogP contribution in [0.3, 0.4) is 0 Å². The Morgan fingerprint density at radius 1 is 1.15 bits per heavy atom. The molecule has 0 saturated carbocycles. The van der Waals surface area contributed by atoms with Crippen LogP contribution in [0, 0.1) is 5.41 Å². The Balaban J connectivity index is 2.00. The minimum atomic E-state index is -0.988. The predicted molar refractivity (Wildman–Crippen MR) is 107 cm³/mol. The van der Waals surface area contributed by atoms with Crippen molar-refractivity contribution in [2.45, 2.75) is 26.9 Å². The highest BCUT2D eigenvalue weighted by Crippen LogP contribution is 2.27. The molecule has 140 valence electrons. The summed E-state index contributed by atoms with van der Waals surface area (Å²) in [5, 5.41) is 3.38. The second-order valence-corrected chi connectivity index (χ2v) is 7.71. The molecule has 1 atom stereocenters. The topological polar surface area (TPSA) is 82.6 Å². The Morgan fingerprint density at radius 3 is 2.52 bits per heavy atom. The normalized spacial score (nSPS) is 16.7. The van der Waals surface area contributed by atoms with E-state index in [-0.39, 0.29) is 11.8 Å². The maximum Gasteiger partial charge on any atom is 0.265 e. The highest BCUT2D eigenvalue weighted by molar-refractivity contribution is 6.32. The number of nitrogens with zero attached hydrogens (tertiary/aromatic N) is 1. The molecule has 3 N–H and O–H groups in total. The van der Waals surface area contributed by atoms with Crippen LogP contribution in [0.5, 0.6) is 0 Å². The minimum absolute atomic E-state index is 0.239. The third-order valence-corrected chi connectivity index (χ3v) is 4.29. The molecule has 6 nitrogen and oxygen atoms in total. The summed E-state index contributed by atoms with van der Waals surface area (Å²) in [7, 11) is 0. The Kier molecular flexibility index (Phi) is 5.30. The molecule has 0 spiro atoms. The summed E-state index contributed by atoms with van der Waals surface area (Å²) in [5.41, 5.74) is 7.48. The molecule has 1 heterocycles. The zero-order valence-electron chi connectivity index (χ0n) is 15.3. The number of aliphatic imine (C=N–C) groups is 1. The Hall–Kier alpha value is -2.70. The monoisotopic (exact) mass is 384 g/mol. The molecule has 2 aromatic carbocycles. The third-order valence-electron chi connectivity index (χ3n) is 4.05. The summed E-state index contributed by atoms with van der Waals surface area (Å²) >= 11 is 6.17. The lowest BCUT2D eigenvalue weighted by molar-refractivity contribution is -0.130. The van der Waals surface area contributed by atoms with Gasteiger partial charge in [0.05, 0.1) is 11.4 Å². The van der Waals surface area contributed by atoms with Crippen LogP contribution in [0.1, 0.15) is 31.9 Å². The largest absolute Gasteiger partial charge is 0.322 e. The van der Waals surface area contributed by atoms with E-state index in [2.05, 4.69) is 21.2 Å². The van der Waals surface area contributed by atoms with E-state index in [0.717, 1.165) is 5.56 Å². The van der Waals surface area contributed by atoms with Crippen molar-refractivity contribution in [1.82, 2.24) is 10.9 Å². The molecule has 0 bridgehead atoms. The van der Waals surface area contributed by atoms with Gasteiger partial charge >= 0.3 is 0 Å². The predicted octanol–water partition coefficient (Wildman–Crippen LogP) is 3.12. The van der Waals surface area contributed by atoms with Crippen molar-refractivity contribution >= 4 is 34.8 Å². The summed E-state index contributed by atoms with van der Waals surface area (Å²) in [5.74, 6) is -0.615. The van der Waals surface area contributed by atoms with Crippen molar-refractivity contribution < 1.29 is 9.59 Å². The fourth-order valence-corrected chi connectivity index (χ4v) is 2.70. The number of amides is 2. The van der Waals surface area contributed by atoms with Crippen LogP contribution in [0.4, 0.5) is 5.69 Å². The molecule has 2 amide bonds. The van der Waals surface area contributed by atoms with E-state index < -0.39 is 11.6 Å². The average molecular weight is 385 g/mol. The number of carbonyl (C=O) groups excluding carboxylic acids is 2. The first-order valence-corrected chi connectivity index (χ1v) is 8.93. The number of nitrogens with one attached hydrogen (secondary N) is 3. The summed E-state index contributed by atoms with van der Waals surface area (Å²) in [6.45, 7) is 5.36. The molecule has 27 heavy (non-hydrogen) atoms. The Bertz CT molecular complexity index is 904. The second kappa shape index (κ2) is 7.50. The zero-order chi connectivity index (χ0) is 19.6. The quantitative estimate of drug-likeness (QED) is 0.711. The van der Waals surface area contributed by atoms with Crippen LogP contribution in [-0.2, 0) is 9.59 Å². The van der Waals surface area contributed by atoms with Crippen LogP contribution < -0.4 is 16.2 Å². The summed E-state index contributed by atoms with van der Waals surface area (Å²) in [6.07, 6.45) is -0.988. The van der Waals surface area contributed by atoms with E-state index in [1.165, 1.54) is 0 Å². The zero-order valence-corrected chi connectivity index (χ0v) is 16.1. The Morgan fingerprint density at radius 2 is 1.85 bits per heavy atom. The molecule has 0 saturated heterocycles.